The summed E-state index contributed by atoms with van der Waals surface area (Å²) in [4.78, 5) is 4.71. The summed E-state index contributed by atoms with van der Waals surface area (Å²) in [6.45, 7) is 0.690. The SMILES string of the molecule is O=S(CCCCN=C=S)c1ccccc1. The molecule has 0 aliphatic carbocycles. The molecule has 0 N–H and O–H groups in total. The molecule has 1 atom stereocenters. The van der Waals surface area contributed by atoms with Crippen molar-refractivity contribution in [3.8, 4) is 0 Å². The van der Waals surface area contributed by atoms with E-state index in [1.165, 1.54) is 0 Å². The van der Waals surface area contributed by atoms with Crippen LogP contribution in [-0.4, -0.2) is 21.7 Å². The number of rotatable bonds is 6. The van der Waals surface area contributed by atoms with Crippen LogP contribution in [0.1, 0.15) is 12.8 Å². The van der Waals surface area contributed by atoms with E-state index in [1.807, 2.05) is 30.3 Å². The lowest BCUT2D eigenvalue weighted by molar-refractivity contribution is 0.678. The maximum atomic E-state index is 11.7. The first-order valence-electron chi connectivity index (χ1n) is 4.81. The molecule has 0 amide bonds. The van der Waals surface area contributed by atoms with E-state index in [0.29, 0.717) is 12.3 Å². The van der Waals surface area contributed by atoms with E-state index in [4.69, 9.17) is 0 Å². The van der Waals surface area contributed by atoms with Gasteiger partial charge in [0.25, 0.3) is 0 Å². The highest BCUT2D eigenvalue weighted by Gasteiger charge is 2.01. The Bertz CT molecular complexity index is 358. The molecule has 0 aliphatic heterocycles. The zero-order chi connectivity index (χ0) is 10.9. The van der Waals surface area contributed by atoms with E-state index in [2.05, 4.69) is 22.4 Å². The molecule has 0 bridgehead atoms. The summed E-state index contributed by atoms with van der Waals surface area (Å²) >= 11 is 4.45. The lowest BCUT2D eigenvalue weighted by Crippen LogP contribution is -1.98. The molecule has 80 valence electrons. The summed E-state index contributed by atoms with van der Waals surface area (Å²) in [6, 6.07) is 9.53. The summed E-state index contributed by atoms with van der Waals surface area (Å²) < 4.78 is 11.7. The van der Waals surface area contributed by atoms with Crippen molar-refractivity contribution < 1.29 is 4.21 Å². The summed E-state index contributed by atoms with van der Waals surface area (Å²) in [5, 5.41) is 2.32. The van der Waals surface area contributed by atoms with Crippen molar-refractivity contribution >= 4 is 28.2 Å². The van der Waals surface area contributed by atoms with Crippen molar-refractivity contribution in [2.24, 2.45) is 4.99 Å². The Morgan fingerprint density at radius 1 is 1.27 bits per heavy atom. The van der Waals surface area contributed by atoms with E-state index in [1.54, 1.807) is 0 Å². The Morgan fingerprint density at radius 2 is 2.00 bits per heavy atom. The van der Waals surface area contributed by atoms with Crippen molar-refractivity contribution in [2.45, 2.75) is 17.7 Å². The third-order valence-electron chi connectivity index (χ3n) is 1.92. The number of unbranched alkanes of at least 4 members (excludes halogenated alkanes) is 1. The second-order valence-electron chi connectivity index (χ2n) is 3.04. The van der Waals surface area contributed by atoms with Crippen LogP contribution < -0.4 is 0 Å². The molecule has 0 fully saturated rings. The molecule has 4 heteroatoms. The van der Waals surface area contributed by atoms with Crippen molar-refractivity contribution in [3.63, 3.8) is 0 Å². The molecule has 1 rings (SSSR count). The quantitative estimate of drug-likeness (QED) is 0.434. The lowest BCUT2D eigenvalue weighted by atomic mass is 10.3. The van der Waals surface area contributed by atoms with Crippen molar-refractivity contribution in [2.75, 3.05) is 12.3 Å². The molecule has 1 aromatic carbocycles. The predicted octanol–water partition coefficient (Wildman–Crippen LogP) is 2.68. The molecule has 0 saturated heterocycles. The van der Waals surface area contributed by atoms with Crippen LogP contribution in [0.4, 0.5) is 0 Å². The average Bonchev–Trinajstić information content (AvgIpc) is 2.30. The highest BCUT2D eigenvalue weighted by atomic mass is 32.2. The first-order valence-corrected chi connectivity index (χ1v) is 6.54. The van der Waals surface area contributed by atoms with Crippen LogP contribution in [-0.2, 0) is 10.8 Å². The maximum absolute atomic E-state index is 11.7. The molecule has 0 heterocycles. The van der Waals surface area contributed by atoms with Gasteiger partial charge in [-0.1, -0.05) is 18.2 Å². The zero-order valence-electron chi connectivity index (χ0n) is 8.39. The van der Waals surface area contributed by atoms with Crippen molar-refractivity contribution in [1.82, 2.24) is 0 Å². The molecule has 0 radical (unpaired) electrons. The van der Waals surface area contributed by atoms with Gasteiger partial charge >= 0.3 is 0 Å². The van der Waals surface area contributed by atoms with Gasteiger partial charge in [0.15, 0.2) is 0 Å². The fourth-order valence-electron chi connectivity index (χ4n) is 1.16. The van der Waals surface area contributed by atoms with Crippen LogP contribution in [0.3, 0.4) is 0 Å². The van der Waals surface area contributed by atoms with Gasteiger partial charge in [0, 0.05) is 17.2 Å². The van der Waals surface area contributed by atoms with Gasteiger partial charge < -0.3 is 0 Å². The van der Waals surface area contributed by atoms with Crippen LogP contribution >= 0.6 is 12.2 Å². The molecule has 2 nitrogen and oxygen atoms in total. The fraction of sp³-hybridized carbons (Fsp3) is 0.364. The molecule has 1 unspecified atom stereocenters. The van der Waals surface area contributed by atoms with Crippen molar-refractivity contribution in [1.29, 1.82) is 0 Å². The number of nitrogens with zero attached hydrogens (tertiary/aromatic N) is 1. The van der Waals surface area contributed by atoms with E-state index in [-0.39, 0.29) is 0 Å². The second-order valence-corrected chi connectivity index (χ2v) is 4.80. The fourth-order valence-corrected chi connectivity index (χ4v) is 2.41. The highest BCUT2D eigenvalue weighted by molar-refractivity contribution is 7.85. The van der Waals surface area contributed by atoms with E-state index < -0.39 is 10.8 Å². The normalized spacial score (nSPS) is 11.7. The summed E-state index contributed by atoms with van der Waals surface area (Å²) in [6.07, 6.45) is 1.82. The number of benzene rings is 1. The lowest BCUT2D eigenvalue weighted by Gasteiger charge is -2.00. The Labute approximate surface area is 97.9 Å². The van der Waals surface area contributed by atoms with Crippen LogP contribution in [0.5, 0.6) is 0 Å². The Balaban J connectivity index is 2.28. The predicted molar refractivity (Wildman–Crippen MR) is 66.8 cm³/mol. The molecule has 15 heavy (non-hydrogen) atoms. The number of hydrogen-bond donors (Lipinski definition) is 0. The van der Waals surface area contributed by atoms with Gasteiger partial charge in [-0.2, -0.15) is 0 Å². The topological polar surface area (TPSA) is 29.4 Å². The van der Waals surface area contributed by atoms with E-state index in [9.17, 15) is 4.21 Å². The monoisotopic (exact) mass is 239 g/mol. The van der Waals surface area contributed by atoms with Gasteiger partial charge in [-0.15, -0.1) is 0 Å². The standard InChI is InChI=1S/C11H13NOS2/c13-15(9-5-4-8-12-10-14)11-6-2-1-3-7-11/h1-3,6-7H,4-5,8-9H2. The van der Waals surface area contributed by atoms with Gasteiger partial charge in [-0.3, -0.25) is 4.21 Å². The smallest absolute Gasteiger partial charge is 0.0584 e. The van der Waals surface area contributed by atoms with Gasteiger partial charge in [-0.25, -0.2) is 4.99 Å². The first kappa shape index (κ1) is 12.2. The minimum atomic E-state index is -0.877. The maximum Gasteiger partial charge on any atom is 0.0584 e. The third-order valence-corrected chi connectivity index (χ3v) is 3.51. The van der Waals surface area contributed by atoms with Crippen molar-refractivity contribution in [3.05, 3.63) is 30.3 Å². The Hall–Kier alpha value is -0.830. The molecule has 0 spiro atoms. The number of aliphatic imine (C=N–C) groups is 1. The number of thiocarbonyl (C=S) groups is 1. The number of hydrogen-bond acceptors (Lipinski definition) is 3. The van der Waals surface area contributed by atoms with Gasteiger partial charge in [0.2, 0.25) is 0 Å². The molecule has 0 aromatic heterocycles. The van der Waals surface area contributed by atoms with Crippen LogP contribution in [0.2, 0.25) is 0 Å². The summed E-state index contributed by atoms with van der Waals surface area (Å²) in [5.74, 6) is 0.691. The van der Waals surface area contributed by atoms with E-state index in [0.717, 1.165) is 17.7 Å². The first-order chi connectivity index (χ1) is 7.34. The molecule has 0 saturated carbocycles. The van der Waals surface area contributed by atoms with E-state index >= 15 is 0 Å². The molecule has 0 aliphatic rings. The molecule has 1 aromatic rings. The minimum absolute atomic E-state index is 0.690. The largest absolute Gasteiger partial charge is 0.254 e. The minimum Gasteiger partial charge on any atom is -0.254 e. The Morgan fingerprint density at radius 3 is 2.67 bits per heavy atom. The van der Waals surface area contributed by atoms with Crippen LogP contribution in [0, 0.1) is 0 Å². The second kappa shape index (κ2) is 7.46. The molecular formula is C11H13NOS2. The van der Waals surface area contributed by atoms with Gasteiger partial charge in [0.05, 0.1) is 16.0 Å². The van der Waals surface area contributed by atoms with Gasteiger partial charge in [-0.05, 0) is 37.2 Å². The zero-order valence-corrected chi connectivity index (χ0v) is 10.0. The highest BCUT2D eigenvalue weighted by Crippen LogP contribution is 2.07. The van der Waals surface area contributed by atoms with Crippen LogP contribution in [0.25, 0.3) is 0 Å². The summed E-state index contributed by atoms with van der Waals surface area (Å²) in [5.41, 5.74) is 0. The number of isothiocyanates is 1. The third kappa shape index (κ3) is 4.98. The average molecular weight is 239 g/mol. The summed E-state index contributed by atoms with van der Waals surface area (Å²) in [7, 11) is -0.877. The van der Waals surface area contributed by atoms with Crippen LogP contribution in [0.15, 0.2) is 40.2 Å². The Kier molecular flexibility index (Phi) is 6.09. The molecular weight excluding hydrogens is 226 g/mol. The van der Waals surface area contributed by atoms with Gasteiger partial charge in [0.1, 0.15) is 0 Å².